The molecule has 0 amide bonds. The summed E-state index contributed by atoms with van der Waals surface area (Å²) in [5.41, 5.74) is 10.4. The number of benzene rings is 2. The van der Waals surface area contributed by atoms with Crippen molar-refractivity contribution in [3.05, 3.63) is 71.7 Å². The number of fused-ring (bicyclic) bond motifs is 1. The Bertz CT molecular complexity index is 1470. The minimum Gasteiger partial charge on any atom is -0.857 e. The summed E-state index contributed by atoms with van der Waals surface area (Å²) in [4.78, 5) is 9.79. The van der Waals surface area contributed by atoms with E-state index in [2.05, 4.69) is 10.3 Å². The first kappa shape index (κ1) is 20.7. The summed E-state index contributed by atoms with van der Waals surface area (Å²) >= 11 is 1.21. The van der Waals surface area contributed by atoms with E-state index in [4.69, 9.17) is 20.0 Å². The Kier molecular flexibility index (Phi) is 5.23. The molecule has 33 heavy (non-hydrogen) atoms. The number of nitrogen functional groups attached to an aromatic ring is 1. The van der Waals surface area contributed by atoms with Crippen molar-refractivity contribution in [2.75, 3.05) is 12.8 Å². The van der Waals surface area contributed by atoms with Gasteiger partial charge in [0.25, 0.3) is 6.20 Å². The molecule has 3 aromatic heterocycles. The van der Waals surface area contributed by atoms with Crippen molar-refractivity contribution in [1.29, 1.82) is 0 Å². The lowest BCUT2D eigenvalue weighted by atomic mass is 9.99. The van der Waals surface area contributed by atoms with Crippen LogP contribution in [0, 0.1) is 0 Å². The first-order valence-electron chi connectivity index (χ1n) is 10.0. The van der Waals surface area contributed by atoms with Gasteiger partial charge in [-0.1, -0.05) is 35.0 Å². The van der Waals surface area contributed by atoms with Gasteiger partial charge in [-0.3, -0.25) is 4.52 Å². The molecule has 3 heterocycles. The average molecular weight is 458 g/mol. The van der Waals surface area contributed by atoms with E-state index in [1.165, 1.54) is 22.2 Å². The number of rotatable bonds is 5. The molecule has 0 saturated carbocycles. The maximum absolute atomic E-state index is 12.9. The smallest absolute Gasteiger partial charge is 0.320 e. The molecule has 0 aliphatic rings. The summed E-state index contributed by atoms with van der Waals surface area (Å²) in [5, 5.41) is 17.3. The van der Waals surface area contributed by atoms with Gasteiger partial charge in [-0.15, -0.1) is 11.3 Å². The normalized spacial score (nSPS) is 11.8. The molecule has 0 saturated heterocycles. The molecule has 9 heteroatoms. The van der Waals surface area contributed by atoms with Crippen LogP contribution in [0.4, 0.5) is 11.6 Å². The van der Waals surface area contributed by atoms with E-state index in [9.17, 15) is 5.11 Å². The number of anilines is 1. The van der Waals surface area contributed by atoms with Crippen LogP contribution in [0.3, 0.4) is 0 Å². The zero-order chi connectivity index (χ0) is 22.9. The second-order valence-corrected chi connectivity index (χ2v) is 8.30. The molecule has 5 rings (SSSR count). The van der Waals surface area contributed by atoms with Gasteiger partial charge in [0.05, 0.1) is 23.4 Å². The van der Waals surface area contributed by atoms with E-state index in [-0.39, 0.29) is 5.88 Å². The molecule has 0 radical (unpaired) electrons. The zero-order valence-electron chi connectivity index (χ0n) is 17.9. The highest BCUT2D eigenvalue weighted by Crippen LogP contribution is 2.41. The minimum atomic E-state index is -0.503. The molecule has 0 aliphatic heterocycles. The molecular weight excluding hydrogens is 438 g/mol. The molecule has 2 aromatic carbocycles. The van der Waals surface area contributed by atoms with Crippen LogP contribution in [0.15, 0.2) is 76.4 Å². The third-order valence-corrected chi connectivity index (χ3v) is 6.22. The summed E-state index contributed by atoms with van der Waals surface area (Å²) in [5.74, 6) is 0.366. The molecular formula is C24H19N5O3S. The molecule has 5 aromatic rings. The fraction of sp³-hybridized carbons (Fsp3) is 0.0833. The maximum Gasteiger partial charge on any atom is 0.320 e. The molecule has 164 valence electrons. The Morgan fingerprint density at radius 2 is 1.88 bits per heavy atom. The Balaban J connectivity index is 1.71. The van der Waals surface area contributed by atoms with Crippen LogP contribution >= 0.6 is 11.3 Å². The van der Waals surface area contributed by atoms with Crippen LogP contribution in [-0.2, 0) is 7.05 Å². The van der Waals surface area contributed by atoms with Gasteiger partial charge < -0.3 is 15.6 Å². The molecule has 0 spiro atoms. The topological polar surface area (TPSA) is 113 Å². The van der Waals surface area contributed by atoms with Gasteiger partial charge in [0.2, 0.25) is 0 Å². The number of nitrogens with two attached hydrogens (primary N) is 1. The van der Waals surface area contributed by atoms with E-state index in [0.717, 1.165) is 33.5 Å². The van der Waals surface area contributed by atoms with E-state index in [1.807, 2.05) is 60.7 Å². The fourth-order valence-corrected chi connectivity index (χ4v) is 4.55. The summed E-state index contributed by atoms with van der Waals surface area (Å²) in [7, 11) is 3.31. The summed E-state index contributed by atoms with van der Waals surface area (Å²) in [6.07, 6.45) is 1.51. The Morgan fingerprint density at radius 1 is 1.12 bits per heavy atom. The first-order valence-corrected chi connectivity index (χ1v) is 10.9. The second-order valence-electron chi connectivity index (χ2n) is 7.31. The van der Waals surface area contributed by atoms with Gasteiger partial charge in [-0.25, -0.2) is 9.98 Å². The number of pyridine rings is 1. The third-order valence-electron chi connectivity index (χ3n) is 5.14. The molecule has 0 atom stereocenters. The Hall–Kier alpha value is -4.24. The lowest BCUT2D eigenvalue weighted by Gasteiger charge is -2.10. The van der Waals surface area contributed by atoms with Gasteiger partial charge in [0, 0.05) is 16.8 Å². The predicted octanol–water partition coefficient (Wildman–Crippen LogP) is 3.47. The van der Waals surface area contributed by atoms with Crippen molar-refractivity contribution in [2.24, 2.45) is 12.0 Å². The van der Waals surface area contributed by atoms with Crippen LogP contribution in [0.2, 0.25) is 0 Å². The van der Waals surface area contributed by atoms with E-state index < -0.39 is 5.90 Å². The average Bonchev–Trinajstić information content (AvgIpc) is 3.41. The standard InChI is InChI=1S/C24H19N5O3S/c1-29-13-19(32-28-29)27-23(30)22-21(25)20-17(14-6-4-3-5-7-14)12-18(26-24(20)33-22)15-8-10-16(31-2)11-9-15/h3-13H,1-2H3,(H2-,25,27,28,30). The minimum absolute atomic E-state index is 0.106. The van der Waals surface area contributed by atoms with Crippen molar-refractivity contribution in [3.63, 3.8) is 0 Å². The van der Waals surface area contributed by atoms with Crippen molar-refractivity contribution in [3.8, 4) is 28.1 Å². The van der Waals surface area contributed by atoms with Gasteiger partial charge in [0.15, 0.2) is 12.3 Å². The number of thiophene rings is 1. The number of methoxy groups -OCH3 is 1. The molecule has 8 nitrogen and oxygen atoms in total. The maximum atomic E-state index is 12.9. The Morgan fingerprint density at radius 3 is 2.55 bits per heavy atom. The number of aryl methyl sites for hydroxylation is 1. The highest BCUT2D eigenvalue weighted by atomic mass is 32.1. The SMILES string of the molecule is COc1ccc(-c2cc(-c3ccccc3)c3c(N)c(/C([O-])=N/c4c[n+](C)no4)sc3n2)cc1. The van der Waals surface area contributed by atoms with E-state index in [1.54, 1.807) is 14.2 Å². The summed E-state index contributed by atoms with van der Waals surface area (Å²) < 4.78 is 11.7. The monoisotopic (exact) mass is 457 g/mol. The van der Waals surface area contributed by atoms with Gasteiger partial charge in [-0.05, 0) is 41.5 Å². The van der Waals surface area contributed by atoms with Crippen LogP contribution in [0.1, 0.15) is 4.88 Å². The number of hydrogen-bond acceptors (Lipinski definition) is 8. The second kappa shape index (κ2) is 8.36. The van der Waals surface area contributed by atoms with Crippen LogP contribution < -0.4 is 20.3 Å². The number of aromatic nitrogens is 3. The van der Waals surface area contributed by atoms with Gasteiger partial charge >= 0.3 is 5.88 Å². The first-order chi connectivity index (χ1) is 16.0. The molecule has 0 fully saturated rings. The van der Waals surface area contributed by atoms with Crippen LogP contribution in [-0.4, -0.2) is 23.3 Å². The van der Waals surface area contributed by atoms with Crippen molar-refractivity contribution >= 4 is 39.0 Å². The predicted molar refractivity (Wildman–Crippen MR) is 125 cm³/mol. The summed E-state index contributed by atoms with van der Waals surface area (Å²) in [6.45, 7) is 0. The van der Waals surface area contributed by atoms with Gasteiger partial charge in [-0.2, -0.15) is 0 Å². The lowest BCUT2D eigenvalue weighted by Crippen LogP contribution is -2.27. The van der Waals surface area contributed by atoms with Crippen LogP contribution in [0.25, 0.3) is 32.6 Å². The Labute approximate surface area is 193 Å². The fourth-order valence-electron chi connectivity index (χ4n) is 3.55. The van der Waals surface area contributed by atoms with E-state index in [0.29, 0.717) is 15.4 Å². The molecule has 2 N–H and O–H groups in total. The van der Waals surface area contributed by atoms with Crippen LogP contribution in [0.5, 0.6) is 5.75 Å². The number of aliphatic imine (C=N–C) groups is 1. The highest BCUT2D eigenvalue weighted by molar-refractivity contribution is 7.21. The van der Waals surface area contributed by atoms with E-state index >= 15 is 0 Å². The molecule has 0 unspecified atom stereocenters. The number of nitrogens with zero attached hydrogens (tertiary/aromatic N) is 4. The van der Waals surface area contributed by atoms with Crippen molar-refractivity contribution < 1.29 is 19.0 Å². The summed E-state index contributed by atoms with van der Waals surface area (Å²) in [6, 6.07) is 19.5. The van der Waals surface area contributed by atoms with Crippen molar-refractivity contribution in [1.82, 2.24) is 10.3 Å². The largest absolute Gasteiger partial charge is 0.857 e. The molecule has 0 aliphatic carbocycles. The molecule has 0 bridgehead atoms. The van der Waals surface area contributed by atoms with Gasteiger partial charge in [0.1, 0.15) is 10.6 Å². The number of ether oxygens (including phenoxy) is 1. The third kappa shape index (κ3) is 3.90. The quantitative estimate of drug-likeness (QED) is 0.246. The van der Waals surface area contributed by atoms with Crippen molar-refractivity contribution in [2.45, 2.75) is 0 Å². The highest BCUT2D eigenvalue weighted by Gasteiger charge is 2.18. The zero-order valence-corrected chi connectivity index (χ0v) is 18.7. The number of hydrogen-bond donors (Lipinski definition) is 1. The lowest BCUT2D eigenvalue weighted by molar-refractivity contribution is -0.739.